The third-order valence-corrected chi connectivity index (χ3v) is 2.67. The number of aryl methyl sites for hydroxylation is 1. The van der Waals surface area contributed by atoms with E-state index in [1.165, 1.54) is 13.4 Å². The second kappa shape index (κ2) is 5.59. The summed E-state index contributed by atoms with van der Waals surface area (Å²) in [5.41, 5.74) is -0.284. The second-order valence-electron chi connectivity index (χ2n) is 4.13. The molecule has 0 amide bonds. The highest BCUT2D eigenvalue weighted by Crippen LogP contribution is 2.05. The molecule has 2 aromatic rings. The fourth-order valence-corrected chi connectivity index (χ4v) is 1.61. The summed E-state index contributed by atoms with van der Waals surface area (Å²) in [6.07, 6.45) is 4.10. The Bertz CT molecular complexity index is 645. The lowest BCUT2D eigenvalue weighted by atomic mass is 10.3. The number of fused-ring (bicyclic) bond motifs is 1. The van der Waals surface area contributed by atoms with Gasteiger partial charge in [0.05, 0.1) is 6.61 Å². The van der Waals surface area contributed by atoms with Gasteiger partial charge in [0.15, 0.2) is 11.3 Å². The summed E-state index contributed by atoms with van der Waals surface area (Å²) in [6, 6.07) is 0. The van der Waals surface area contributed by atoms with Crippen LogP contribution >= 0.6 is 0 Å². The summed E-state index contributed by atoms with van der Waals surface area (Å²) in [6.45, 7) is 2.40. The molecule has 0 N–H and O–H groups in total. The molecule has 0 bridgehead atoms. The van der Waals surface area contributed by atoms with Gasteiger partial charge in [-0.25, -0.2) is 19.0 Å². The Morgan fingerprint density at radius 1 is 1.42 bits per heavy atom. The molecular formula is C11H15N5O3. The van der Waals surface area contributed by atoms with Crippen LogP contribution in [0.4, 0.5) is 0 Å². The average Bonchev–Trinajstić information content (AvgIpc) is 2.83. The first kappa shape index (κ1) is 13.2. The number of hydrogen-bond acceptors (Lipinski definition) is 6. The molecule has 0 radical (unpaired) electrons. The minimum Gasteiger partial charge on any atom is -0.461 e. The lowest BCUT2D eigenvalue weighted by Crippen LogP contribution is -2.27. The first-order valence-electron chi connectivity index (χ1n) is 6.09. The first-order valence-corrected chi connectivity index (χ1v) is 6.09. The SMILES string of the molecule is CCCCCOC(=O)c1ncn2c(=O)n(C)nnc12. The van der Waals surface area contributed by atoms with Gasteiger partial charge in [-0.05, 0) is 6.42 Å². The van der Waals surface area contributed by atoms with Crippen molar-refractivity contribution in [2.75, 3.05) is 6.61 Å². The Hall–Kier alpha value is -2.25. The molecule has 0 saturated carbocycles. The maximum Gasteiger partial charge on any atom is 0.360 e. The van der Waals surface area contributed by atoms with E-state index in [0.29, 0.717) is 6.61 Å². The summed E-state index contributed by atoms with van der Waals surface area (Å²) in [7, 11) is 1.47. The smallest absolute Gasteiger partial charge is 0.360 e. The summed E-state index contributed by atoms with van der Waals surface area (Å²) < 4.78 is 7.30. The van der Waals surface area contributed by atoms with E-state index in [-0.39, 0.29) is 11.3 Å². The predicted octanol–water partition coefficient (Wildman–Crippen LogP) is 0.170. The Morgan fingerprint density at radius 2 is 2.21 bits per heavy atom. The average molecular weight is 265 g/mol. The van der Waals surface area contributed by atoms with Crippen LogP contribution in [0.5, 0.6) is 0 Å². The highest BCUT2D eigenvalue weighted by atomic mass is 16.5. The molecule has 102 valence electrons. The van der Waals surface area contributed by atoms with Crippen LogP contribution in [0.15, 0.2) is 11.1 Å². The number of aromatic nitrogens is 5. The van der Waals surface area contributed by atoms with Crippen LogP contribution in [-0.4, -0.2) is 37.0 Å². The number of nitrogens with zero attached hydrogens (tertiary/aromatic N) is 5. The molecule has 8 nitrogen and oxygen atoms in total. The molecule has 0 saturated heterocycles. The highest BCUT2D eigenvalue weighted by molar-refractivity contribution is 5.93. The summed E-state index contributed by atoms with van der Waals surface area (Å²) >= 11 is 0. The van der Waals surface area contributed by atoms with Crippen molar-refractivity contribution in [3.63, 3.8) is 0 Å². The zero-order chi connectivity index (χ0) is 13.8. The van der Waals surface area contributed by atoms with Crippen LogP contribution in [0.2, 0.25) is 0 Å². The minimum atomic E-state index is -0.582. The van der Waals surface area contributed by atoms with Gasteiger partial charge in [-0.1, -0.05) is 25.0 Å². The number of esters is 1. The predicted molar refractivity (Wildman–Crippen MR) is 65.8 cm³/mol. The third kappa shape index (κ3) is 2.61. The van der Waals surface area contributed by atoms with Crippen LogP contribution in [0.3, 0.4) is 0 Å². The number of imidazole rings is 1. The van der Waals surface area contributed by atoms with E-state index in [1.54, 1.807) is 0 Å². The molecule has 2 rings (SSSR count). The van der Waals surface area contributed by atoms with Crippen molar-refractivity contribution in [2.24, 2.45) is 7.05 Å². The van der Waals surface area contributed by atoms with Crippen molar-refractivity contribution in [1.82, 2.24) is 24.4 Å². The number of carbonyl (C=O) groups is 1. The van der Waals surface area contributed by atoms with Crippen molar-refractivity contribution in [1.29, 1.82) is 0 Å². The van der Waals surface area contributed by atoms with Crippen molar-refractivity contribution in [2.45, 2.75) is 26.2 Å². The summed E-state index contributed by atoms with van der Waals surface area (Å²) in [5, 5.41) is 7.40. The van der Waals surface area contributed by atoms with Gasteiger partial charge >= 0.3 is 11.7 Å². The summed E-state index contributed by atoms with van der Waals surface area (Å²) in [4.78, 5) is 27.4. The van der Waals surface area contributed by atoms with Crippen molar-refractivity contribution in [3.8, 4) is 0 Å². The van der Waals surface area contributed by atoms with Crippen molar-refractivity contribution in [3.05, 3.63) is 22.5 Å². The molecular weight excluding hydrogens is 250 g/mol. The van der Waals surface area contributed by atoms with Gasteiger partial charge in [0.25, 0.3) is 0 Å². The molecule has 0 atom stereocenters. The standard InChI is InChI=1S/C11H15N5O3/c1-3-4-5-6-19-10(17)8-9-13-14-15(2)11(18)16(9)7-12-8/h7H,3-6H2,1-2H3. The fourth-order valence-electron chi connectivity index (χ4n) is 1.61. The van der Waals surface area contributed by atoms with Gasteiger partial charge in [0.1, 0.15) is 6.33 Å². The van der Waals surface area contributed by atoms with Gasteiger partial charge in [-0.3, -0.25) is 0 Å². The Kier molecular flexibility index (Phi) is 3.88. The molecule has 0 aliphatic heterocycles. The Labute approximate surface area is 109 Å². The van der Waals surface area contributed by atoms with Gasteiger partial charge in [-0.2, -0.15) is 4.68 Å². The maximum atomic E-state index is 11.8. The van der Waals surface area contributed by atoms with Gasteiger partial charge in [0.2, 0.25) is 0 Å². The lowest BCUT2D eigenvalue weighted by molar-refractivity contribution is 0.0494. The number of hydrogen-bond donors (Lipinski definition) is 0. The normalized spacial score (nSPS) is 10.8. The molecule has 0 aromatic carbocycles. The summed E-state index contributed by atoms with van der Waals surface area (Å²) in [5.74, 6) is -0.582. The van der Waals surface area contributed by atoms with Crippen molar-refractivity contribution < 1.29 is 9.53 Å². The van der Waals surface area contributed by atoms with E-state index < -0.39 is 11.7 Å². The molecule has 2 heterocycles. The fraction of sp³-hybridized carbons (Fsp3) is 0.545. The molecule has 0 fully saturated rings. The number of ether oxygens (including phenoxy) is 1. The molecule has 2 aromatic heterocycles. The molecule has 8 heteroatoms. The quantitative estimate of drug-likeness (QED) is 0.565. The zero-order valence-electron chi connectivity index (χ0n) is 10.9. The van der Waals surface area contributed by atoms with E-state index in [1.807, 2.05) is 0 Å². The second-order valence-corrected chi connectivity index (χ2v) is 4.13. The number of carbonyl (C=O) groups excluding carboxylic acids is 1. The van der Waals surface area contributed by atoms with Crippen LogP contribution < -0.4 is 5.69 Å². The highest BCUT2D eigenvalue weighted by Gasteiger charge is 2.18. The van der Waals surface area contributed by atoms with Gasteiger partial charge < -0.3 is 4.74 Å². The number of unbranched alkanes of at least 4 members (excludes halogenated alkanes) is 2. The van der Waals surface area contributed by atoms with Crippen LogP contribution in [-0.2, 0) is 11.8 Å². The van der Waals surface area contributed by atoms with Crippen molar-refractivity contribution >= 4 is 11.6 Å². The van der Waals surface area contributed by atoms with E-state index in [9.17, 15) is 9.59 Å². The lowest BCUT2D eigenvalue weighted by Gasteiger charge is -2.02. The topological polar surface area (TPSA) is 91.4 Å². The third-order valence-electron chi connectivity index (χ3n) is 2.67. The monoisotopic (exact) mass is 265 g/mol. The van der Waals surface area contributed by atoms with E-state index in [2.05, 4.69) is 22.2 Å². The van der Waals surface area contributed by atoms with E-state index in [4.69, 9.17) is 4.74 Å². The van der Waals surface area contributed by atoms with Gasteiger partial charge in [-0.15, -0.1) is 5.10 Å². The molecule has 19 heavy (non-hydrogen) atoms. The van der Waals surface area contributed by atoms with E-state index >= 15 is 0 Å². The molecule has 0 aliphatic rings. The first-order chi connectivity index (χ1) is 9.15. The Morgan fingerprint density at radius 3 is 2.95 bits per heavy atom. The van der Waals surface area contributed by atoms with Gasteiger partial charge in [0, 0.05) is 7.05 Å². The zero-order valence-corrected chi connectivity index (χ0v) is 10.9. The number of rotatable bonds is 5. The minimum absolute atomic E-state index is 0.0155. The Balaban J connectivity index is 2.19. The molecule has 0 spiro atoms. The molecule has 0 aliphatic carbocycles. The van der Waals surface area contributed by atoms with E-state index in [0.717, 1.165) is 28.3 Å². The van der Waals surface area contributed by atoms with Crippen LogP contribution in [0, 0.1) is 0 Å². The van der Waals surface area contributed by atoms with Crippen LogP contribution in [0.1, 0.15) is 36.7 Å². The molecule has 0 unspecified atom stereocenters. The maximum absolute atomic E-state index is 11.8. The van der Waals surface area contributed by atoms with Crippen LogP contribution in [0.25, 0.3) is 5.65 Å². The largest absolute Gasteiger partial charge is 0.461 e.